The first kappa shape index (κ1) is 15.9. The zero-order valence-electron chi connectivity index (χ0n) is 11.9. The van der Waals surface area contributed by atoms with E-state index >= 15 is 0 Å². The van der Waals surface area contributed by atoms with Crippen molar-refractivity contribution in [2.45, 2.75) is 20.4 Å². The summed E-state index contributed by atoms with van der Waals surface area (Å²) in [7, 11) is 0. The molecule has 2 aromatic rings. The predicted molar refractivity (Wildman–Crippen MR) is 87.4 cm³/mol. The molecule has 0 spiro atoms. The van der Waals surface area contributed by atoms with Crippen LogP contribution in [-0.2, 0) is 6.54 Å². The zero-order chi connectivity index (χ0) is 15.4. The lowest BCUT2D eigenvalue weighted by atomic mass is 10.2. The number of hydrogen-bond acceptors (Lipinski definition) is 3. The second kappa shape index (κ2) is 6.96. The summed E-state index contributed by atoms with van der Waals surface area (Å²) >= 11 is 12.1. The summed E-state index contributed by atoms with van der Waals surface area (Å²) in [5.74, 6) is 0.498. The third-order valence-electron chi connectivity index (χ3n) is 2.94. The van der Waals surface area contributed by atoms with Crippen molar-refractivity contribution in [3.8, 4) is 0 Å². The van der Waals surface area contributed by atoms with Crippen molar-refractivity contribution in [1.29, 1.82) is 0 Å². The topological polar surface area (TPSA) is 46.9 Å². The van der Waals surface area contributed by atoms with Gasteiger partial charge in [0.25, 0.3) is 5.56 Å². The molecule has 0 aliphatic heterocycles. The van der Waals surface area contributed by atoms with Crippen molar-refractivity contribution in [2.24, 2.45) is 5.92 Å². The van der Waals surface area contributed by atoms with Crippen molar-refractivity contribution in [1.82, 2.24) is 9.78 Å². The molecule has 0 bridgehead atoms. The minimum absolute atomic E-state index is 0.181. The molecule has 0 saturated carbocycles. The number of rotatable bonds is 5. The molecule has 6 heteroatoms. The summed E-state index contributed by atoms with van der Waals surface area (Å²) in [6.07, 6.45) is 1.64. The van der Waals surface area contributed by atoms with Crippen LogP contribution in [0.2, 0.25) is 10.0 Å². The molecular formula is C15H17Cl2N3O. The molecule has 1 heterocycles. The molecule has 0 atom stereocenters. The molecule has 4 nitrogen and oxygen atoms in total. The molecule has 0 saturated heterocycles. The van der Waals surface area contributed by atoms with E-state index in [1.54, 1.807) is 18.3 Å². The zero-order valence-corrected chi connectivity index (χ0v) is 13.4. The Morgan fingerprint density at radius 1 is 1.33 bits per heavy atom. The van der Waals surface area contributed by atoms with Crippen LogP contribution in [0.5, 0.6) is 0 Å². The molecule has 2 rings (SSSR count). The normalized spacial score (nSPS) is 10.9. The van der Waals surface area contributed by atoms with Crippen LogP contribution in [0, 0.1) is 5.92 Å². The summed E-state index contributed by atoms with van der Waals surface area (Å²) in [4.78, 5) is 12.1. The van der Waals surface area contributed by atoms with Gasteiger partial charge in [0.15, 0.2) is 0 Å². The number of nitrogens with one attached hydrogen (secondary N) is 1. The van der Waals surface area contributed by atoms with E-state index in [4.69, 9.17) is 23.2 Å². The summed E-state index contributed by atoms with van der Waals surface area (Å²) in [6.45, 7) is 5.29. The molecular weight excluding hydrogens is 309 g/mol. The van der Waals surface area contributed by atoms with E-state index in [1.807, 2.05) is 6.07 Å². The molecule has 0 unspecified atom stereocenters. The van der Waals surface area contributed by atoms with Crippen LogP contribution < -0.4 is 10.9 Å². The molecule has 1 N–H and O–H groups in total. The largest absolute Gasteiger partial charge is 0.383 e. The van der Waals surface area contributed by atoms with Crippen LogP contribution in [-0.4, -0.2) is 16.3 Å². The number of nitrogens with zero attached hydrogens (tertiary/aromatic N) is 2. The Kier molecular flexibility index (Phi) is 5.26. The van der Waals surface area contributed by atoms with Gasteiger partial charge in [-0.2, -0.15) is 5.10 Å². The van der Waals surface area contributed by atoms with Crippen LogP contribution in [0.25, 0.3) is 0 Å². The van der Waals surface area contributed by atoms with E-state index in [0.29, 0.717) is 22.5 Å². The summed E-state index contributed by atoms with van der Waals surface area (Å²) in [5.41, 5.74) is 1.31. The van der Waals surface area contributed by atoms with Crippen molar-refractivity contribution >= 4 is 28.9 Å². The molecule has 0 aliphatic rings. The standard InChI is InChI=1S/C15H17Cl2N3O/c1-10(2)7-18-12-6-14(21)20(19-8-12)9-11-4-3-5-13(16)15(11)17/h3-6,8,10,18H,7,9H2,1-2H3. The minimum Gasteiger partial charge on any atom is -0.383 e. The van der Waals surface area contributed by atoms with Gasteiger partial charge in [0.2, 0.25) is 0 Å². The van der Waals surface area contributed by atoms with E-state index in [1.165, 1.54) is 10.7 Å². The van der Waals surface area contributed by atoms with Crippen molar-refractivity contribution in [2.75, 3.05) is 11.9 Å². The predicted octanol–water partition coefficient (Wildman–Crippen LogP) is 3.67. The lowest BCUT2D eigenvalue weighted by Crippen LogP contribution is -2.23. The van der Waals surface area contributed by atoms with Crippen LogP contribution >= 0.6 is 23.2 Å². The maximum atomic E-state index is 12.1. The van der Waals surface area contributed by atoms with Gasteiger partial charge in [-0.15, -0.1) is 0 Å². The Balaban J connectivity index is 2.18. The first-order valence-electron chi connectivity index (χ1n) is 6.71. The Bertz CT molecular complexity index is 683. The highest BCUT2D eigenvalue weighted by Gasteiger charge is 2.07. The van der Waals surface area contributed by atoms with Gasteiger partial charge in [-0.1, -0.05) is 49.2 Å². The molecule has 1 aromatic carbocycles. The van der Waals surface area contributed by atoms with E-state index < -0.39 is 0 Å². The fourth-order valence-electron chi connectivity index (χ4n) is 1.80. The number of benzene rings is 1. The molecule has 0 fully saturated rings. The average Bonchev–Trinajstić information content (AvgIpc) is 2.44. The fourth-order valence-corrected chi connectivity index (χ4v) is 2.18. The highest BCUT2D eigenvalue weighted by Crippen LogP contribution is 2.25. The van der Waals surface area contributed by atoms with Gasteiger partial charge in [0.1, 0.15) is 0 Å². The number of halogens is 2. The third-order valence-corrected chi connectivity index (χ3v) is 3.79. The van der Waals surface area contributed by atoms with Crippen LogP contribution in [0.3, 0.4) is 0 Å². The lowest BCUT2D eigenvalue weighted by Gasteiger charge is -2.10. The highest BCUT2D eigenvalue weighted by molar-refractivity contribution is 6.42. The van der Waals surface area contributed by atoms with E-state index in [2.05, 4.69) is 24.3 Å². The average molecular weight is 326 g/mol. The smallest absolute Gasteiger partial charge is 0.269 e. The van der Waals surface area contributed by atoms with Gasteiger partial charge in [0, 0.05) is 12.6 Å². The molecule has 0 aliphatic carbocycles. The first-order valence-corrected chi connectivity index (χ1v) is 7.47. The third kappa shape index (κ3) is 4.22. The van der Waals surface area contributed by atoms with E-state index in [0.717, 1.165) is 17.8 Å². The van der Waals surface area contributed by atoms with Crippen LogP contribution in [0.4, 0.5) is 5.69 Å². The summed E-state index contributed by atoms with van der Waals surface area (Å²) < 4.78 is 1.36. The van der Waals surface area contributed by atoms with Crippen molar-refractivity contribution in [3.05, 3.63) is 56.4 Å². The second-order valence-corrected chi connectivity index (χ2v) is 6.01. The summed E-state index contributed by atoms with van der Waals surface area (Å²) in [6, 6.07) is 6.87. The Morgan fingerprint density at radius 2 is 2.10 bits per heavy atom. The summed E-state index contributed by atoms with van der Waals surface area (Å²) in [5, 5.41) is 8.26. The van der Waals surface area contributed by atoms with Crippen molar-refractivity contribution < 1.29 is 0 Å². The molecule has 1 aromatic heterocycles. The SMILES string of the molecule is CC(C)CNc1cnn(Cc2cccc(Cl)c2Cl)c(=O)c1. The van der Waals surface area contributed by atoms with Gasteiger partial charge >= 0.3 is 0 Å². The van der Waals surface area contributed by atoms with Gasteiger partial charge in [-0.25, -0.2) is 4.68 Å². The highest BCUT2D eigenvalue weighted by atomic mass is 35.5. The molecule has 112 valence electrons. The maximum absolute atomic E-state index is 12.1. The number of anilines is 1. The first-order chi connectivity index (χ1) is 9.97. The quantitative estimate of drug-likeness (QED) is 0.912. The van der Waals surface area contributed by atoms with Crippen molar-refractivity contribution in [3.63, 3.8) is 0 Å². The van der Waals surface area contributed by atoms with Gasteiger partial charge in [-0.05, 0) is 17.5 Å². The molecule has 0 amide bonds. The minimum atomic E-state index is -0.181. The Labute approximate surface area is 133 Å². The second-order valence-electron chi connectivity index (χ2n) is 5.23. The van der Waals surface area contributed by atoms with Gasteiger partial charge < -0.3 is 5.32 Å². The maximum Gasteiger partial charge on any atom is 0.269 e. The van der Waals surface area contributed by atoms with Crippen LogP contribution in [0.1, 0.15) is 19.4 Å². The molecule has 21 heavy (non-hydrogen) atoms. The van der Waals surface area contributed by atoms with E-state index in [-0.39, 0.29) is 5.56 Å². The van der Waals surface area contributed by atoms with Gasteiger partial charge in [0.05, 0.1) is 28.5 Å². The van der Waals surface area contributed by atoms with E-state index in [9.17, 15) is 4.79 Å². The monoisotopic (exact) mass is 325 g/mol. The Hall–Kier alpha value is -1.52. The lowest BCUT2D eigenvalue weighted by molar-refractivity contribution is 0.637. The Morgan fingerprint density at radius 3 is 2.76 bits per heavy atom. The van der Waals surface area contributed by atoms with Crippen LogP contribution in [0.15, 0.2) is 35.3 Å². The van der Waals surface area contributed by atoms with Gasteiger partial charge in [-0.3, -0.25) is 4.79 Å². The number of aromatic nitrogens is 2. The number of hydrogen-bond donors (Lipinski definition) is 1. The molecule has 0 radical (unpaired) electrons. The fraction of sp³-hybridized carbons (Fsp3) is 0.333.